The van der Waals surface area contributed by atoms with Crippen molar-refractivity contribution in [2.75, 3.05) is 11.9 Å². The standard InChI is InChI=1S/C19H20N2O3/c1-2-13-24-17-10-3-14(4-11-17)5-12-18(22)21-16-8-6-15(7-9-16)19(20)23/h3-12H,2,13H2,1H3,(H2,20,23)(H,21,22). The van der Waals surface area contributed by atoms with Gasteiger partial charge < -0.3 is 15.8 Å². The Hall–Kier alpha value is -3.08. The predicted octanol–water partition coefficient (Wildman–Crippen LogP) is 3.23. The molecule has 0 heterocycles. The van der Waals surface area contributed by atoms with Crippen molar-refractivity contribution < 1.29 is 14.3 Å². The van der Waals surface area contributed by atoms with Gasteiger partial charge in [0, 0.05) is 17.3 Å². The fraction of sp³-hybridized carbons (Fsp3) is 0.158. The number of hydrogen-bond acceptors (Lipinski definition) is 3. The highest BCUT2D eigenvalue weighted by Gasteiger charge is 2.01. The van der Waals surface area contributed by atoms with E-state index in [2.05, 4.69) is 12.2 Å². The van der Waals surface area contributed by atoms with Gasteiger partial charge in [-0.05, 0) is 54.5 Å². The van der Waals surface area contributed by atoms with Gasteiger partial charge in [-0.2, -0.15) is 0 Å². The lowest BCUT2D eigenvalue weighted by atomic mass is 10.2. The fourth-order valence-corrected chi connectivity index (χ4v) is 1.97. The van der Waals surface area contributed by atoms with E-state index in [4.69, 9.17) is 10.5 Å². The van der Waals surface area contributed by atoms with Gasteiger partial charge in [-0.15, -0.1) is 0 Å². The molecule has 0 unspecified atom stereocenters. The van der Waals surface area contributed by atoms with Crippen LogP contribution in [-0.4, -0.2) is 18.4 Å². The highest BCUT2D eigenvalue weighted by Crippen LogP contribution is 2.14. The van der Waals surface area contributed by atoms with Crippen LogP contribution in [0.25, 0.3) is 6.08 Å². The molecule has 2 rings (SSSR count). The van der Waals surface area contributed by atoms with Crippen LogP contribution in [0.4, 0.5) is 5.69 Å². The zero-order chi connectivity index (χ0) is 17.4. The summed E-state index contributed by atoms with van der Waals surface area (Å²) in [5, 5.41) is 2.72. The van der Waals surface area contributed by atoms with Gasteiger partial charge in [0.15, 0.2) is 0 Å². The molecular formula is C19H20N2O3. The number of nitrogens with one attached hydrogen (secondary N) is 1. The summed E-state index contributed by atoms with van der Waals surface area (Å²) in [5.41, 5.74) is 7.06. The third kappa shape index (κ3) is 5.28. The Labute approximate surface area is 141 Å². The fourth-order valence-electron chi connectivity index (χ4n) is 1.97. The van der Waals surface area contributed by atoms with E-state index in [0.29, 0.717) is 17.9 Å². The lowest BCUT2D eigenvalue weighted by Gasteiger charge is -2.04. The number of anilines is 1. The van der Waals surface area contributed by atoms with Gasteiger partial charge in [0.25, 0.3) is 0 Å². The van der Waals surface area contributed by atoms with Gasteiger partial charge >= 0.3 is 0 Å². The van der Waals surface area contributed by atoms with Gasteiger partial charge in [-0.3, -0.25) is 9.59 Å². The maximum absolute atomic E-state index is 11.9. The molecule has 0 radical (unpaired) electrons. The van der Waals surface area contributed by atoms with Gasteiger partial charge in [0.2, 0.25) is 11.8 Å². The summed E-state index contributed by atoms with van der Waals surface area (Å²) in [4.78, 5) is 22.9. The molecule has 2 aromatic carbocycles. The molecule has 0 aliphatic heterocycles. The SMILES string of the molecule is CCCOc1ccc(C=CC(=O)Nc2ccc(C(N)=O)cc2)cc1. The van der Waals surface area contributed by atoms with Crippen LogP contribution in [0.1, 0.15) is 29.3 Å². The largest absolute Gasteiger partial charge is 0.494 e. The molecule has 0 atom stereocenters. The Bertz CT molecular complexity index is 719. The van der Waals surface area contributed by atoms with E-state index in [-0.39, 0.29) is 5.91 Å². The summed E-state index contributed by atoms with van der Waals surface area (Å²) in [6, 6.07) is 13.9. The Morgan fingerprint density at radius 2 is 1.75 bits per heavy atom. The Morgan fingerprint density at radius 3 is 2.33 bits per heavy atom. The number of hydrogen-bond donors (Lipinski definition) is 2. The van der Waals surface area contributed by atoms with E-state index in [1.165, 1.54) is 6.08 Å². The van der Waals surface area contributed by atoms with Crippen LogP contribution in [0, 0.1) is 0 Å². The van der Waals surface area contributed by atoms with Crippen molar-refractivity contribution in [3.8, 4) is 5.75 Å². The van der Waals surface area contributed by atoms with Crippen LogP contribution in [-0.2, 0) is 4.79 Å². The molecule has 124 valence electrons. The van der Waals surface area contributed by atoms with Crippen molar-refractivity contribution >= 4 is 23.6 Å². The average molecular weight is 324 g/mol. The second-order valence-corrected chi connectivity index (χ2v) is 5.18. The van der Waals surface area contributed by atoms with Crippen molar-refractivity contribution in [1.29, 1.82) is 0 Å². The summed E-state index contributed by atoms with van der Waals surface area (Å²) in [5.74, 6) is 0.0558. The normalized spacial score (nSPS) is 10.5. The van der Waals surface area contributed by atoms with Crippen LogP contribution in [0.2, 0.25) is 0 Å². The molecule has 0 aliphatic carbocycles. The summed E-state index contributed by atoms with van der Waals surface area (Å²) in [7, 11) is 0. The van der Waals surface area contributed by atoms with Crippen LogP contribution in [0.3, 0.4) is 0 Å². The van der Waals surface area contributed by atoms with Gasteiger partial charge in [0.1, 0.15) is 5.75 Å². The highest BCUT2D eigenvalue weighted by molar-refractivity contribution is 6.02. The van der Waals surface area contributed by atoms with Crippen molar-refractivity contribution in [3.63, 3.8) is 0 Å². The highest BCUT2D eigenvalue weighted by atomic mass is 16.5. The minimum atomic E-state index is -0.501. The van der Waals surface area contributed by atoms with E-state index in [1.54, 1.807) is 30.3 Å². The van der Waals surface area contributed by atoms with Crippen molar-refractivity contribution in [3.05, 3.63) is 65.7 Å². The molecule has 0 aromatic heterocycles. The molecule has 0 spiro atoms. The molecule has 0 saturated carbocycles. The van der Waals surface area contributed by atoms with E-state index < -0.39 is 5.91 Å². The molecule has 0 bridgehead atoms. The number of nitrogens with two attached hydrogens (primary N) is 1. The van der Waals surface area contributed by atoms with Crippen LogP contribution < -0.4 is 15.8 Å². The zero-order valence-corrected chi connectivity index (χ0v) is 13.5. The minimum absolute atomic E-state index is 0.256. The number of amides is 2. The van der Waals surface area contributed by atoms with Crippen LogP contribution in [0.5, 0.6) is 5.75 Å². The maximum atomic E-state index is 11.9. The minimum Gasteiger partial charge on any atom is -0.494 e. The molecular weight excluding hydrogens is 304 g/mol. The molecule has 0 saturated heterocycles. The van der Waals surface area contributed by atoms with Crippen molar-refractivity contribution in [2.24, 2.45) is 5.73 Å². The van der Waals surface area contributed by atoms with Gasteiger partial charge in [-0.1, -0.05) is 19.1 Å². The van der Waals surface area contributed by atoms with Crippen LogP contribution in [0.15, 0.2) is 54.6 Å². The molecule has 24 heavy (non-hydrogen) atoms. The van der Waals surface area contributed by atoms with Crippen molar-refractivity contribution in [2.45, 2.75) is 13.3 Å². The molecule has 2 aromatic rings. The predicted molar refractivity (Wildman–Crippen MR) is 94.9 cm³/mol. The number of rotatable bonds is 7. The molecule has 0 fully saturated rings. The maximum Gasteiger partial charge on any atom is 0.248 e. The first-order chi connectivity index (χ1) is 11.6. The summed E-state index contributed by atoms with van der Waals surface area (Å²) >= 11 is 0. The number of carbonyl (C=O) groups excluding carboxylic acids is 2. The monoisotopic (exact) mass is 324 g/mol. The first kappa shape index (κ1) is 17.3. The van der Waals surface area contributed by atoms with E-state index in [0.717, 1.165) is 17.7 Å². The Kier molecular flexibility index (Phi) is 6.14. The number of ether oxygens (including phenoxy) is 1. The van der Waals surface area contributed by atoms with Crippen LogP contribution >= 0.6 is 0 Å². The zero-order valence-electron chi connectivity index (χ0n) is 13.5. The Balaban J connectivity index is 1.91. The lowest BCUT2D eigenvalue weighted by Crippen LogP contribution is -2.11. The lowest BCUT2D eigenvalue weighted by molar-refractivity contribution is -0.111. The number of benzene rings is 2. The third-order valence-corrected chi connectivity index (χ3v) is 3.22. The van der Waals surface area contributed by atoms with E-state index in [9.17, 15) is 9.59 Å². The van der Waals surface area contributed by atoms with E-state index in [1.807, 2.05) is 24.3 Å². The topological polar surface area (TPSA) is 81.4 Å². The number of primary amides is 1. The molecule has 5 nitrogen and oxygen atoms in total. The molecule has 5 heteroatoms. The molecule has 3 N–H and O–H groups in total. The van der Waals surface area contributed by atoms with Gasteiger partial charge in [0.05, 0.1) is 6.61 Å². The Morgan fingerprint density at radius 1 is 1.08 bits per heavy atom. The summed E-state index contributed by atoms with van der Waals surface area (Å²) in [6.07, 6.45) is 4.13. The number of carbonyl (C=O) groups is 2. The third-order valence-electron chi connectivity index (χ3n) is 3.22. The van der Waals surface area contributed by atoms with Crippen molar-refractivity contribution in [1.82, 2.24) is 0 Å². The molecule has 0 aliphatic rings. The second kappa shape index (κ2) is 8.53. The molecule has 2 amide bonds. The quantitative estimate of drug-likeness (QED) is 0.767. The summed E-state index contributed by atoms with van der Waals surface area (Å²) < 4.78 is 5.50. The van der Waals surface area contributed by atoms with E-state index >= 15 is 0 Å². The summed E-state index contributed by atoms with van der Waals surface area (Å²) in [6.45, 7) is 2.74. The smallest absolute Gasteiger partial charge is 0.248 e. The average Bonchev–Trinajstić information content (AvgIpc) is 2.59. The second-order valence-electron chi connectivity index (χ2n) is 5.18. The van der Waals surface area contributed by atoms with Gasteiger partial charge in [-0.25, -0.2) is 0 Å². The first-order valence-electron chi connectivity index (χ1n) is 7.70. The first-order valence-corrected chi connectivity index (χ1v) is 7.70.